The maximum atomic E-state index is 11.5. The molecule has 0 saturated carbocycles. The average Bonchev–Trinajstić information content (AvgIpc) is 2.46. The number of pyridine rings is 1. The zero-order valence-corrected chi connectivity index (χ0v) is 12.1. The van der Waals surface area contributed by atoms with Gasteiger partial charge in [0.05, 0.1) is 24.1 Å². The van der Waals surface area contributed by atoms with E-state index in [1.54, 1.807) is 18.2 Å². The van der Waals surface area contributed by atoms with Crippen molar-refractivity contribution in [3.8, 4) is 5.75 Å². The number of hydrogen-bond donors (Lipinski definition) is 2. The van der Waals surface area contributed by atoms with E-state index < -0.39 is 6.10 Å². The number of ether oxygens (including phenoxy) is 1. The van der Waals surface area contributed by atoms with Crippen LogP contribution in [0, 0.1) is 0 Å². The van der Waals surface area contributed by atoms with Crippen LogP contribution in [0.3, 0.4) is 0 Å². The first kappa shape index (κ1) is 14.9. The molecule has 0 bridgehead atoms. The second kappa shape index (κ2) is 6.77. The summed E-state index contributed by atoms with van der Waals surface area (Å²) in [6.45, 7) is 2.68. The number of aliphatic hydroxyl groups is 1. The van der Waals surface area contributed by atoms with Gasteiger partial charge in [-0.25, -0.2) is 0 Å². The largest absolute Gasteiger partial charge is 0.491 e. The summed E-state index contributed by atoms with van der Waals surface area (Å²) in [5.74, 6) is 0.723. The molecule has 0 aliphatic carbocycles. The van der Waals surface area contributed by atoms with Crippen molar-refractivity contribution in [3.05, 3.63) is 40.2 Å². The first-order valence-corrected chi connectivity index (χ1v) is 7.23. The van der Waals surface area contributed by atoms with Gasteiger partial charge in [0, 0.05) is 11.5 Å². The smallest absolute Gasteiger partial charge is 0.248 e. The molecule has 1 atom stereocenters. The summed E-state index contributed by atoms with van der Waals surface area (Å²) in [5.41, 5.74) is 1.10. The highest BCUT2D eigenvalue weighted by molar-refractivity contribution is 6.18. The zero-order valence-electron chi connectivity index (χ0n) is 11.4. The molecule has 0 saturated heterocycles. The van der Waals surface area contributed by atoms with E-state index in [-0.39, 0.29) is 11.4 Å². The summed E-state index contributed by atoms with van der Waals surface area (Å²) < 4.78 is 5.70. The number of aliphatic hydroxyl groups excluding tert-OH is 1. The van der Waals surface area contributed by atoms with Crippen molar-refractivity contribution >= 4 is 22.5 Å². The molecule has 0 aliphatic heterocycles. The highest BCUT2D eigenvalue weighted by Crippen LogP contribution is 2.30. The zero-order chi connectivity index (χ0) is 14.5. The van der Waals surface area contributed by atoms with Gasteiger partial charge in [-0.05, 0) is 24.1 Å². The molecular formula is C15H18ClNO3. The predicted molar refractivity (Wildman–Crippen MR) is 80.7 cm³/mol. The molecule has 1 heterocycles. The van der Waals surface area contributed by atoms with Crippen molar-refractivity contribution in [1.29, 1.82) is 0 Å². The number of halogens is 1. The molecule has 0 fully saturated rings. The van der Waals surface area contributed by atoms with E-state index in [0.29, 0.717) is 23.4 Å². The van der Waals surface area contributed by atoms with Crippen molar-refractivity contribution < 1.29 is 9.84 Å². The molecule has 2 aromatic rings. The van der Waals surface area contributed by atoms with Gasteiger partial charge in [0.1, 0.15) is 5.75 Å². The molecule has 20 heavy (non-hydrogen) atoms. The normalized spacial score (nSPS) is 12.6. The van der Waals surface area contributed by atoms with E-state index in [1.165, 1.54) is 6.07 Å². The number of aromatic nitrogens is 1. The van der Waals surface area contributed by atoms with Crippen molar-refractivity contribution in [2.75, 3.05) is 12.5 Å². The number of aromatic amines is 1. The lowest BCUT2D eigenvalue weighted by atomic mass is 10.0. The second-order valence-corrected chi connectivity index (χ2v) is 4.94. The Bertz CT molecular complexity index is 639. The number of unbranched alkanes of at least 4 members (excludes halogenated alkanes) is 1. The van der Waals surface area contributed by atoms with Gasteiger partial charge in [0.25, 0.3) is 0 Å². The van der Waals surface area contributed by atoms with Crippen molar-refractivity contribution in [1.82, 2.24) is 4.98 Å². The lowest BCUT2D eigenvalue weighted by Crippen LogP contribution is -2.08. The lowest BCUT2D eigenvalue weighted by molar-refractivity contribution is 0.204. The molecule has 0 spiro atoms. The Morgan fingerprint density at radius 1 is 1.35 bits per heavy atom. The van der Waals surface area contributed by atoms with E-state index in [1.807, 2.05) is 0 Å². The minimum Gasteiger partial charge on any atom is -0.491 e. The van der Waals surface area contributed by atoms with Crippen LogP contribution in [-0.2, 0) is 0 Å². The summed E-state index contributed by atoms with van der Waals surface area (Å²) in [5, 5.41) is 10.7. The van der Waals surface area contributed by atoms with Crippen molar-refractivity contribution in [3.63, 3.8) is 0 Å². The molecule has 0 aliphatic rings. The van der Waals surface area contributed by atoms with E-state index in [2.05, 4.69) is 11.9 Å². The summed E-state index contributed by atoms with van der Waals surface area (Å²) >= 11 is 5.71. The molecule has 2 rings (SSSR count). The van der Waals surface area contributed by atoms with Crippen LogP contribution in [-0.4, -0.2) is 22.6 Å². The molecule has 0 amide bonds. The monoisotopic (exact) mass is 295 g/mol. The number of H-pyrrole nitrogens is 1. The fraction of sp³-hybridized carbons (Fsp3) is 0.400. The molecule has 1 aromatic heterocycles. The predicted octanol–water partition coefficient (Wildman–Crippen LogP) is 2.98. The quantitative estimate of drug-likeness (QED) is 0.636. The Morgan fingerprint density at radius 2 is 2.15 bits per heavy atom. The third kappa shape index (κ3) is 3.14. The van der Waals surface area contributed by atoms with Crippen LogP contribution in [0.15, 0.2) is 29.1 Å². The molecule has 0 radical (unpaired) electrons. The van der Waals surface area contributed by atoms with E-state index in [9.17, 15) is 9.90 Å². The fourth-order valence-electron chi connectivity index (χ4n) is 2.07. The number of fused-ring (bicyclic) bond motifs is 1. The maximum Gasteiger partial charge on any atom is 0.248 e. The van der Waals surface area contributed by atoms with Crippen LogP contribution in [0.1, 0.15) is 31.4 Å². The average molecular weight is 296 g/mol. The first-order valence-electron chi connectivity index (χ1n) is 6.70. The fourth-order valence-corrected chi connectivity index (χ4v) is 2.23. The standard InChI is InChI=1S/C15H18ClNO3/c1-2-3-8-20-13-6-4-10(12(18)9-16)11-5-7-14(19)17-15(11)13/h4-7,12,18H,2-3,8-9H2,1H3,(H,17,19)/t12-/m0/s1. The first-order chi connectivity index (χ1) is 9.67. The summed E-state index contributed by atoms with van der Waals surface area (Å²) in [6.07, 6.45) is 1.22. The number of benzene rings is 1. The molecular weight excluding hydrogens is 278 g/mol. The number of hydrogen-bond acceptors (Lipinski definition) is 3. The van der Waals surface area contributed by atoms with Crippen LogP contribution >= 0.6 is 11.6 Å². The molecule has 1 aromatic carbocycles. The van der Waals surface area contributed by atoms with Gasteiger partial charge < -0.3 is 14.8 Å². The van der Waals surface area contributed by atoms with Gasteiger partial charge in [-0.15, -0.1) is 11.6 Å². The van der Waals surface area contributed by atoms with Gasteiger partial charge in [0.15, 0.2) is 0 Å². The summed E-state index contributed by atoms with van der Waals surface area (Å²) in [6, 6.07) is 6.67. The van der Waals surface area contributed by atoms with Gasteiger partial charge >= 0.3 is 0 Å². The minimum absolute atomic E-state index is 0.101. The van der Waals surface area contributed by atoms with Gasteiger partial charge in [-0.1, -0.05) is 19.4 Å². The number of alkyl halides is 1. The Morgan fingerprint density at radius 3 is 2.85 bits per heavy atom. The Labute approximate surface area is 122 Å². The lowest BCUT2D eigenvalue weighted by Gasteiger charge is -2.14. The van der Waals surface area contributed by atoms with E-state index in [4.69, 9.17) is 16.3 Å². The van der Waals surface area contributed by atoms with Crippen LogP contribution in [0.25, 0.3) is 10.9 Å². The topological polar surface area (TPSA) is 62.3 Å². The van der Waals surface area contributed by atoms with Crippen LogP contribution in [0.4, 0.5) is 0 Å². The third-order valence-corrected chi connectivity index (χ3v) is 3.44. The van der Waals surface area contributed by atoms with Crippen molar-refractivity contribution in [2.24, 2.45) is 0 Å². The maximum absolute atomic E-state index is 11.5. The molecule has 108 valence electrons. The van der Waals surface area contributed by atoms with Gasteiger partial charge in [-0.2, -0.15) is 0 Å². The number of rotatable bonds is 6. The SMILES string of the molecule is CCCCOc1ccc([C@@H](O)CCl)c2ccc(=O)[nH]c12. The summed E-state index contributed by atoms with van der Waals surface area (Å²) in [7, 11) is 0. The van der Waals surface area contributed by atoms with Gasteiger partial charge in [0.2, 0.25) is 5.56 Å². The third-order valence-electron chi connectivity index (χ3n) is 3.15. The summed E-state index contributed by atoms with van der Waals surface area (Å²) in [4.78, 5) is 14.3. The van der Waals surface area contributed by atoms with E-state index in [0.717, 1.165) is 18.2 Å². The minimum atomic E-state index is -0.769. The van der Waals surface area contributed by atoms with Crippen LogP contribution in [0.2, 0.25) is 0 Å². The Balaban J connectivity index is 2.50. The molecule has 2 N–H and O–H groups in total. The second-order valence-electron chi connectivity index (χ2n) is 4.64. The highest BCUT2D eigenvalue weighted by atomic mass is 35.5. The van der Waals surface area contributed by atoms with Crippen LogP contribution in [0.5, 0.6) is 5.75 Å². The number of nitrogens with one attached hydrogen (secondary N) is 1. The van der Waals surface area contributed by atoms with E-state index >= 15 is 0 Å². The van der Waals surface area contributed by atoms with Crippen molar-refractivity contribution in [2.45, 2.75) is 25.9 Å². The Kier molecular flexibility index (Phi) is 5.04. The van der Waals surface area contributed by atoms with Crippen LogP contribution < -0.4 is 10.3 Å². The molecule has 4 nitrogen and oxygen atoms in total. The highest BCUT2D eigenvalue weighted by Gasteiger charge is 2.13. The Hall–Kier alpha value is -1.52. The molecule has 0 unspecified atom stereocenters. The molecule has 5 heteroatoms. The van der Waals surface area contributed by atoms with Gasteiger partial charge in [-0.3, -0.25) is 4.79 Å².